The highest BCUT2D eigenvalue weighted by Crippen LogP contribution is 2.19. The Hall–Kier alpha value is -1.26. The smallest absolute Gasteiger partial charge is 0.0368 e. The zero-order chi connectivity index (χ0) is 13.7. The van der Waals surface area contributed by atoms with E-state index in [0.717, 1.165) is 44.8 Å². The fourth-order valence-electron chi connectivity index (χ4n) is 2.25. The summed E-state index contributed by atoms with van der Waals surface area (Å²) in [5.74, 6) is 0. The molecule has 1 heterocycles. The van der Waals surface area contributed by atoms with Gasteiger partial charge in [-0.25, -0.2) is 0 Å². The molecule has 0 aliphatic carbocycles. The summed E-state index contributed by atoms with van der Waals surface area (Å²) in [6.07, 6.45) is 1.01. The van der Waals surface area contributed by atoms with Gasteiger partial charge in [-0.15, -0.1) is 0 Å². The van der Waals surface area contributed by atoms with Crippen molar-refractivity contribution >= 4 is 11.4 Å². The Balaban J connectivity index is 1.87. The maximum Gasteiger partial charge on any atom is 0.0368 e. The van der Waals surface area contributed by atoms with Crippen LogP contribution in [0.2, 0.25) is 0 Å². The highest BCUT2D eigenvalue weighted by atomic mass is 15.2. The van der Waals surface area contributed by atoms with Crippen LogP contribution in [0.25, 0.3) is 0 Å². The number of piperazine rings is 1. The van der Waals surface area contributed by atoms with Crippen molar-refractivity contribution in [1.82, 2.24) is 4.90 Å². The maximum absolute atomic E-state index is 5.91. The fourth-order valence-corrected chi connectivity index (χ4v) is 2.25. The molecule has 4 nitrogen and oxygen atoms in total. The van der Waals surface area contributed by atoms with E-state index in [2.05, 4.69) is 53.4 Å². The third-order valence-electron chi connectivity index (χ3n) is 3.83. The highest BCUT2D eigenvalue weighted by molar-refractivity contribution is 5.55. The molecular weight excluding hydrogens is 236 g/mol. The van der Waals surface area contributed by atoms with Gasteiger partial charge in [-0.05, 0) is 37.7 Å². The second-order valence-corrected chi connectivity index (χ2v) is 5.39. The van der Waals surface area contributed by atoms with Gasteiger partial charge in [0.05, 0.1) is 0 Å². The summed E-state index contributed by atoms with van der Waals surface area (Å²) in [4.78, 5) is 4.82. The summed E-state index contributed by atoms with van der Waals surface area (Å²) in [5, 5.41) is 3.38. The summed E-state index contributed by atoms with van der Waals surface area (Å²) in [5.41, 5.74) is 8.38. The van der Waals surface area contributed by atoms with Gasteiger partial charge < -0.3 is 20.9 Å². The van der Waals surface area contributed by atoms with Crippen LogP contribution in [0, 0.1) is 0 Å². The lowest BCUT2D eigenvalue weighted by Crippen LogP contribution is -2.44. The molecule has 1 saturated heterocycles. The fraction of sp³-hybridized carbons (Fsp3) is 0.600. The normalized spacial score (nSPS) is 18.4. The summed E-state index contributed by atoms with van der Waals surface area (Å²) in [6, 6.07) is 8.93. The molecule has 1 fully saturated rings. The van der Waals surface area contributed by atoms with Crippen LogP contribution in [0.4, 0.5) is 11.4 Å². The van der Waals surface area contributed by atoms with Crippen LogP contribution in [-0.4, -0.2) is 50.7 Å². The SMILES string of the molecule is CCC(N)CNc1ccc(N2CCN(C)CC2)cc1. The van der Waals surface area contributed by atoms with Crippen molar-refractivity contribution in [2.75, 3.05) is 50.0 Å². The van der Waals surface area contributed by atoms with E-state index in [1.165, 1.54) is 5.69 Å². The molecule has 1 aliphatic heterocycles. The Kier molecular flexibility index (Phi) is 5.05. The topological polar surface area (TPSA) is 44.5 Å². The second kappa shape index (κ2) is 6.78. The number of hydrogen-bond donors (Lipinski definition) is 2. The Morgan fingerprint density at radius 1 is 1.16 bits per heavy atom. The molecular formula is C15H26N4. The predicted molar refractivity (Wildman–Crippen MR) is 82.9 cm³/mol. The monoisotopic (exact) mass is 262 g/mol. The summed E-state index contributed by atoms with van der Waals surface area (Å²) < 4.78 is 0. The number of anilines is 2. The largest absolute Gasteiger partial charge is 0.383 e. The third kappa shape index (κ3) is 4.11. The number of nitrogens with one attached hydrogen (secondary N) is 1. The molecule has 0 bridgehead atoms. The number of likely N-dealkylation sites (N-methyl/N-ethyl adjacent to an activating group) is 1. The van der Waals surface area contributed by atoms with Crippen LogP contribution in [-0.2, 0) is 0 Å². The number of benzene rings is 1. The van der Waals surface area contributed by atoms with E-state index in [4.69, 9.17) is 5.73 Å². The molecule has 2 rings (SSSR count). The average Bonchev–Trinajstić information content (AvgIpc) is 2.46. The first-order valence-electron chi connectivity index (χ1n) is 7.22. The van der Waals surface area contributed by atoms with E-state index >= 15 is 0 Å². The molecule has 0 amide bonds. The Bertz CT molecular complexity index is 368. The van der Waals surface area contributed by atoms with Crippen molar-refractivity contribution in [2.45, 2.75) is 19.4 Å². The van der Waals surface area contributed by atoms with E-state index in [1.807, 2.05) is 0 Å². The average molecular weight is 262 g/mol. The van der Waals surface area contributed by atoms with E-state index in [9.17, 15) is 0 Å². The van der Waals surface area contributed by atoms with Gasteiger partial charge in [0.2, 0.25) is 0 Å². The summed E-state index contributed by atoms with van der Waals surface area (Å²) in [7, 11) is 2.18. The molecule has 0 spiro atoms. The molecule has 106 valence electrons. The quantitative estimate of drug-likeness (QED) is 0.846. The Morgan fingerprint density at radius 3 is 2.37 bits per heavy atom. The van der Waals surface area contributed by atoms with Crippen LogP contribution in [0.1, 0.15) is 13.3 Å². The molecule has 0 radical (unpaired) electrons. The van der Waals surface area contributed by atoms with Crippen molar-refractivity contribution in [2.24, 2.45) is 5.73 Å². The van der Waals surface area contributed by atoms with Crippen molar-refractivity contribution < 1.29 is 0 Å². The lowest BCUT2D eigenvalue weighted by atomic mass is 10.2. The number of nitrogens with zero attached hydrogens (tertiary/aromatic N) is 2. The lowest BCUT2D eigenvalue weighted by molar-refractivity contribution is 0.313. The molecule has 0 aromatic heterocycles. The molecule has 1 aromatic rings. The van der Waals surface area contributed by atoms with Gasteiger partial charge in [-0.2, -0.15) is 0 Å². The van der Waals surface area contributed by atoms with E-state index in [0.29, 0.717) is 0 Å². The zero-order valence-electron chi connectivity index (χ0n) is 12.1. The van der Waals surface area contributed by atoms with Gasteiger partial charge in [0.15, 0.2) is 0 Å². The zero-order valence-corrected chi connectivity index (χ0v) is 12.1. The molecule has 1 aromatic carbocycles. The summed E-state index contributed by atoms with van der Waals surface area (Å²) >= 11 is 0. The van der Waals surface area contributed by atoms with Gasteiger partial charge >= 0.3 is 0 Å². The first kappa shape index (κ1) is 14.2. The Morgan fingerprint density at radius 2 is 1.79 bits per heavy atom. The number of nitrogens with two attached hydrogens (primary N) is 1. The van der Waals surface area contributed by atoms with E-state index in [-0.39, 0.29) is 6.04 Å². The van der Waals surface area contributed by atoms with Gasteiger partial charge in [-0.3, -0.25) is 0 Å². The minimum atomic E-state index is 0.234. The predicted octanol–water partition coefficient (Wildman–Crippen LogP) is 1.59. The maximum atomic E-state index is 5.91. The van der Waals surface area contributed by atoms with Gasteiger partial charge in [0.1, 0.15) is 0 Å². The van der Waals surface area contributed by atoms with Crippen molar-refractivity contribution in [3.8, 4) is 0 Å². The van der Waals surface area contributed by atoms with Gasteiger partial charge in [0.25, 0.3) is 0 Å². The first-order chi connectivity index (χ1) is 9.19. The summed E-state index contributed by atoms with van der Waals surface area (Å²) in [6.45, 7) is 7.47. The molecule has 1 unspecified atom stereocenters. The minimum Gasteiger partial charge on any atom is -0.383 e. The third-order valence-corrected chi connectivity index (χ3v) is 3.83. The lowest BCUT2D eigenvalue weighted by Gasteiger charge is -2.34. The number of hydrogen-bond acceptors (Lipinski definition) is 4. The molecule has 4 heteroatoms. The Labute approximate surface area is 116 Å². The van der Waals surface area contributed by atoms with E-state index in [1.54, 1.807) is 0 Å². The van der Waals surface area contributed by atoms with Crippen LogP contribution >= 0.6 is 0 Å². The second-order valence-electron chi connectivity index (χ2n) is 5.39. The molecule has 3 N–H and O–H groups in total. The van der Waals surface area contributed by atoms with Gasteiger partial charge in [0, 0.05) is 50.1 Å². The molecule has 0 saturated carbocycles. The van der Waals surface area contributed by atoms with Crippen LogP contribution in [0.15, 0.2) is 24.3 Å². The first-order valence-corrected chi connectivity index (χ1v) is 7.22. The van der Waals surface area contributed by atoms with Crippen LogP contribution in [0.3, 0.4) is 0 Å². The molecule has 1 atom stereocenters. The minimum absolute atomic E-state index is 0.234. The van der Waals surface area contributed by atoms with E-state index < -0.39 is 0 Å². The molecule has 19 heavy (non-hydrogen) atoms. The van der Waals surface area contributed by atoms with Crippen molar-refractivity contribution in [3.63, 3.8) is 0 Å². The number of rotatable bonds is 5. The van der Waals surface area contributed by atoms with Crippen molar-refractivity contribution in [1.29, 1.82) is 0 Å². The standard InChI is InChI=1S/C15H26N4/c1-3-13(16)12-17-14-4-6-15(7-5-14)19-10-8-18(2)9-11-19/h4-7,13,17H,3,8-12,16H2,1-2H3. The molecule has 1 aliphatic rings. The van der Waals surface area contributed by atoms with Crippen molar-refractivity contribution in [3.05, 3.63) is 24.3 Å². The van der Waals surface area contributed by atoms with Crippen LogP contribution in [0.5, 0.6) is 0 Å². The van der Waals surface area contributed by atoms with Gasteiger partial charge in [-0.1, -0.05) is 6.92 Å². The highest BCUT2D eigenvalue weighted by Gasteiger charge is 2.13. The van der Waals surface area contributed by atoms with Crippen LogP contribution < -0.4 is 16.0 Å².